The quantitative estimate of drug-likeness (QED) is 0.431. The Morgan fingerprint density at radius 3 is 2.47 bits per heavy atom. The van der Waals surface area contributed by atoms with Crippen molar-refractivity contribution in [2.45, 2.75) is 33.6 Å². The fraction of sp³-hybridized carbons (Fsp3) is 0.429. The number of amides is 2. The van der Waals surface area contributed by atoms with Crippen molar-refractivity contribution in [1.29, 1.82) is 0 Å². The lowest BCUT2D eigenvalue weighted by Gasteiger charge is -2.34. The number of nitro groups is 1. The Morgan fingerprint density at radius 2 is 1.81 bits per heavy atom. The van der Waals surface area contributed by atoms with E-state index in [4.69, 9.17) is 0 Å². The first-order valence-electron chi connectivity index (χ1n) is 10.4. The van der Waals surface area contributed by atoms with E-state index in [0.717, 1.165) is 39.6 Å². The molecule has 1 aliphatic rings. The molecule has 0 atom stereocenters. The van der Waals surface area contributed by atoms with Gasteiger partial charge in [-0.3, -0.25) is 19.7 Å². The van der Waals surface area contributed by atoms with Crippen molar-refractivity contribution in [1.82, 2.24) is 24.4 Å². The Hall–Kier alpha value is -3.34. The molecule has 0 aromatic carbocycles. The average Bonchev–Trinajstić information content (AvgIpc) is 3.40. The van der Waals surface area contributed by atoms with E-state index >= 15 is 0 Å². The molecule has 10 nitrogen and oxygen atoms in total. The van der Waals surface area contributed by atoms with Gasteiger partial charge in [-0.2, -0.15) is 5.10 Å². The number of fused-ring (bicyclic) bond motifs is 1. The maximum Gasteiger partial charge on any atom is 0.324 e. The minimum absolute atomic E-state index is 0.0411. The van der Waals surface area contributed by atoms with Crippen LogP contribution in [0.25, 0.3) is 5.65 Å². The highest BCUT2D eigenvalue weighted by atomic mass is 32.1. The van der Waals surface area contributed by atoms with Crippen molar-refractivity contribution in [3.63, 3.8) is 0 Å². The summed E-state index contributed by atoms with van der Waals surface area (Å²) in [5.74, 6) is -0.185. The molecule has 11 heteroatoms. The molecule has 3 aromatic rings. The molecule has 0 aliphatic carbocycles. The molecule has 0 spiro atoms. The lowest BCUT2D eigenvalue weighted by molar-refractivity contribution is -0.380. The van der Waals surface area contributed by atoms with Gasteiger partial charge in [0.05, 0.1) is 15.5 Å². The molecule has 168 valence electrons. The van der Waals surface area contributed by atoms with Gasteiger partial charge in [0, 0.05) is 56.1 Å². The number of hydrogen-bond donors (Lipinski definition) is 0. The van der Waals surface area contributed by atoms with E-state index in [9.17, 15) is 19.7 Å². The molecule has 0 radical (unpaired) electrons. The fourth-order valence-electron chi connectivity index (χ4n) is 4.05. The summed E-state index contributed by atoms with van der Waals surface area (Å²) in [6.07, 6.45) is 0.941. The highest BCUT2D eigenvalue weighted by molar-refractivity contribution is 7.17. The second-order valence-corrected chi connectivity index (χ2v) is 8.95. The summed E-state index contributed by atoms with van der Waals surface area (Å²) < 4.78 is 1.82. The van der Waals surface area contributed by atoms with Gasteiger partial charge in [0.15, 0.2) is 5.65 Å². The van der Waals surface area contributed by atoms with Crippen molar-refractivity contribution in [3.05, 3.63) is 55.8 Å². The van der Waals surface area contributed by atoms with Gasteiger partial charge in [-0.1, -0.05) is 11.3 Å². The first-order chi connectivity index (χ1) is 15.2. The third-order valence-electron chi connectivity index (χ3n) is 5.78. The minimum Gasteiger partial charge on any atom is -0.339 e. The minimum atomic E-state index is -0.498. The number of carbonyl (C=O) groups is 2. The number of rotatable bonds is 5. The van der Waals surface area contributed by atoms with Crippen molar-refractivity contribution < 1.29 is 14.5 Å². The molecule has 0 saturated carbocycles. The van der Waals surface area contributed by atoms with Gasteiger partial charge in [0.2, 0.25) is 5.91 Å². The van der Waals surface area contributed by atoms with Crippen LogP contribution in [0.1, 0.15) is 38.7 Å². The third kappa shape index (κ3) is 4.20. The first-order valence-corrected chi connectivity index (χ1v) is 11.2. The van der Waals surface area contributed by atoms with Gasteiger partial charge >= 0.3 is 5.00 Å². The average molecular weight is 457 g/mol. The van der Waals surface area contributed by atoms with Crippen LogP contribution in [-0.4, -0.2) is 67.3 Å². The number of carbonyl (C=O) groups excluding carboxylic acids is 2. The zero-order valence-electron chi connectivity index (χ0n) is 18.2. The fourth-order valence-corrected chi connectivity index (χ4v) is 4.84. The third-order valence-corrected chi connectivity index (χ3v) is 6.80. The predicted octanol–water partition coefficient (Wildman–Crippen LogP) is 2.54. The topological polar surface area (TPSA) is 114 Å². The Morgan fingerprint density at radius 1 is 1.12 bits per heavy atom. The Balaban J connectivity index is 1.34. The van der Waals surface area contributed by atoms with Gasteiger partial charge in [-0.25, -0.2) is 9.50 Å². The highest BCUT2D eigenvalue weighted by Gasteiger charge is 2.27. The molecule has 3 aromatic heterocycles. The molecule has 1 aliphatic heterocycles. The molecule has 0 bridgehead atoms. The maximum atomic E-state index is 12.8. The zero-order valence-corrected chi connectivity index (χ0v) is 19.0. The second kappa shape index (κ2) is 8.65. The molecule has 32 heavy (non-hydrogen) atoms. The number of piperazine rings is 1. The Bertz CT molecular complexity index is 1210. The Kier molecular flexibility index (Phi) is 5.92. The van der Waals surface area contributed by atoms with Crippen molar-refractivity contribution in [2.75, 3.05) is 26.2 Å². The lowest BCUT2D eigenvalue weighted by atomic mass is 10.1. The summed E-state index contributed by atoms with van der Waals surface area (Å²) in [7, 11) is 0. The summed E-state index contributed by atoms with van der Waals surface area (Å²) in [5.41, 5.74) is 4.64. The summed E-state index contributed by atoms with van der Waals surface area (Å²) in [5, 5.41) is 15.3. The summed E-state index contributed by atoms with van der Waals surface area (Å²) >= 11 is 0.877. The van der Waals surface area contributed by atoms with Crippen LogP contribution in [0, 0.1) is 30.9 Å². The van der Waals surface area contributed by atoms with Crippen LogP contribution in [0.3, 0.4) is 0 Å². The maximum absolute atomic E-state index is 12.8. The van der Waals surface area contributed by atoms with Gasteiger partial charge in [-0.05, 0) is 38.8 Å². The van der Waals surface area contributed by atoms with Gasteiger partial charge in [0.25, 0.3) is 5.91 Å². The smallest absolute Gasteiger partial charge is 0.324 e. The monoisotopic (exact) mass is 456 g/mol. The number of thiophene rings is 1. The number of hydrogen-bond acceptors (Lipinski definition) is 7. The van der Waals surface area contributed by atoms with E-state index in [1.54, 1.807) is 9.80 Å². The number of aryl methyl sites for hydroxylation is 3. The number of aromatic nitrogens is 3. The second-order valence-electron chi connectivity index (χ2n) is 7.88. The molecule has 4 heterocycles. The van der Waals surface area contributed by atoms with Crippen LogP contribution in [0.15, 0.2) is 18.2 Å². The van der Waals surface area contributed by atoms with Crippen LogP contribution in [0.2, 0.25) is 0 Å². The van der Waals surface area contributed by atoms with E-state index in [-0.39, 0.29) is 16.8 Å². The van der Waals surface area contributed by atoms with E-state index < -0.39 is 4.92 Å². The molecule has 1 fully saturated rings. The zero-order chi connectivity index (χ0) is 23.0. The summed E-state index contributed by atoms with van der Waals surface area (Å²) in [6, 6.07) is 4.77. The van der Waals surface area contributed by atoms with Crippen LogP contribution in [0.5, 0.6) is 0 Å². The predicted molar refractivity (Wildman–Crippen MR) is 119 cm³/mol. The highest BCUT2D eigenvalue weighted by Crippen LogP contribution is 2.25. The molecular weight excluding hydrogens is 432 g/mol. The Labute approximate surface area is 188 Å². The molecule has 4 rings (SSSR count). The van der Waals surface area contributed by atoms with E-state index in [0.29, 0.717) is 43.9 Å². The molecular formula is C21H24N6O4S. The van der Waals surface area contributed by atoms with E-state index in [1.807, 2.05) is 31.4 Å². The van der Waals surface area contributed by atoms with E-state index in [1.165, 1.54) is 12.1 Å². The van der Waals surface area contributed by atoms with E-state index in [2.05, 4.69) is 10.1 Å². The molecule has 1 saturated heterocycles. The summed E-state index contributed by atoms with van der Waals surface area (Å²) in [6.45, 7) is 7.60. The molecule has 0 N–H and O–H groups in total. The van der Waals surface area contributed by atoms with Gasteiger partial charge in [0.1, 0.15) is 0 Å². The number of nitrogens with zero attached hydrogens (tertiary/aromatic N) is 6. The normalized spacial score (nSPS) is 14.2. The van der Waals surface area contributed by atoms with Crippen molar-refractivity contribution in [2.24, 2.45) is 0 Å². The van der Waals surface area contributed by atoms with Crippen LogP contribution >= 0.6 is 11.3 Å². The SMILES string of the molecule is Cc1cc2nc(C)c(CCC(=O)N3CCN(C(=O)c4ccc([N+](=O)[O-])s4)CC3)c(C)n2n1. The van der Waals surface area contributed by atoms with Crippen LogP contribution in [-0.2, 0) is 11.2 Å². The van der Waals surface area contributed by atoms with Gasteiger partial charge in [-0.15, -0.1) is 0 Å². The summed E-state index contributed by atoms with van der Waals surface area (Å²) in [4.78, 5) is 44.1. The largest absolute Gasteiger partial charge is 0.339 e. The molecule has 0 unspecified atom stereocenters. The first kappa shape index (κ1) is 21.9. The molecule has 2 amide bonds. The van der Waals surface area contributed by atoms with Crippen molar-refractivity contribution >= 4 is 33.8 Å². The van der Waals surface area contributed by atoms with Crippen LogP contribution < -0.4 is 0 Å². The van der Waals surface area contributed by atoms with Crippen molar-refractivity contribution in [3.8, 4) is 0 Å². The van der Waals surface area contributed by atoms with Gasteiger partial charge < -0.3 is 9.80 Å². The lowest BCUT2D eigenvalue weighted by Crippen LogP contribution is -2.50. The standard InChI is InChI=1S/C21H24N6O4S/c1-13-12-18-22-14(2)16(15(3)26(18)23-13)4-6-19(28)24-8-10-25(11-9-24)21(29)17-5-7-20(32-17)27(30)31/h5,7,12H,4,6,8-11H2,1-3H3. The van der Waals surface area contributed by atoms with Crippen LogP contribution in [0.4, 0.5) is 5.00 Å².